The fourth-order valence-corrected chi connectivity index (χ4v) is 1.52. The van der Waals surface area contributed by atoms with Crippen molar-refractivity contribution >= 4 is 6.29 Å². The SMILES string of the molecule is COc1cccc(-c2cc(C=O)n(C)n2)c1. The van der Waals surface area contributed by atoms with Crippen molar-refractivity contribution in [2.24, 2.45) is 7.05 Å². The number of rotatable bonds is 3. The molecule has 1 heterocycles. The average molecular weight is 216 g/mol. The molecule has 0 aliphatic rings. The zero-order valence-corrected chi connectivity index (χ0v) is 9.18. The Balaban J connectivity index is 2.45. The van der Waals surface area contributed by atoms with Crippen molar-refractivity contribution in [3.8, 4) is 17.0 Å². The van der Waals surface area contributed by atoms with E-state index < -0.39 is 0 Å². The van der Waals surface area contributed by atoms with Crippen LogP contribution in [0, 0.1) is 0 Å². The molecule has 4 nitrogen and oxygen atoms in total. The molecule has 0 bridgehead atoms. The Kier molecular flexibility index (Phi) is 2.72. The lowest BCUT2D eigenvalue weighted by atomic mass is 10.1. The molecule has 82 valence electrons. The maximum atomic E-state index is 10.7. The number of carbonyl (C=O) groups excluding carboxylic acids is 1. The maximum absolute atomic E-state index is 10.7. The van der Waals surface area contributed by atoms with Crippen molar-refractivity contribution in [2.75, 3.05) is 7.11 Å². The minimum Gasteiger partial charge on any atom is -0.497 e. The molecular weight excluding hydrogens is 204 g/mol. The van der Waals surface area contributed by atoms with E-state index in [1.54, 1.807) is 24.9 Å². The number of hydrogen-bond acceptors (Lipinski definition) is 3. The number of nitrogens with zero attached hydrogens (tertiary/aromatic N) is 2. The molecule has 1 aromatic carbocycles. The highest BCUT2D eigenvalue weighted by Crippen LogP contribution is 2.22. The molecule has 2 rings (SSSR count). The Labute approximate surface area is 93.5 Å². The van der Waals surface area contributed by atoms with Crippen molar-refractivity contribution in [1.82, 2.24) is 9.78 Å². The summed E-state index contributed by atoms with van der Waals surface area (Å²) in [6, 6.07) is 9.33. The molecule has 0 amide bonds. The number of benzene rings is 1. The molecule has 0 radical (unpaired) electrons. The summed E-state index contributed by atoms with van der Waals surface area (Å²) in [6.45, 7) is 0. The molecule has 1 aromatic heterocycles. The molecule has 2 aromatic rings. The Morgan fingerprint density at radius 3 is 2.81 bits per heavy atom. The zero-order chi connectivity index (χ0) is 11.5. The highest BCUT2D eigenvalue weighted by Gasteiger charge is 2.06. The van der Waals surface area contributed by atoms with Gasteiger partial charge in [0.25, 0.3) is 0 Å². The molecule has 0 spiro atoms. The van der Waals surface area contributed by atoms with Crippen LogP contribution in [-0.4, -0.2) is 23.2 Å². The van der Waals surface area contributed by atoms with Crippen LogP contribution in [0.3, 0.4) is 0 Å². The van der Waals surface area contributed by atoms with Gasteiger partial charge in [-0.15, -0.1) is 0 Å². The summed E-state index contributed by atoms with van der Waals surface area (Å²) in [7, 11) is 3.36. The Morgan fingerprint density at radius 2 is 2.19 bits per heavy atom. The van der Waals surface area contributed by atoms with E-state index in [1.165, 1.54) is 0 Å². The maximum Gasteiger partial charge on any atom is 0.168 e. The lowest BCUT2D eigenvalue weighted by Crippen LogP contribution is -1.95. The van der Waals surface area contributed by atoms with Crippen molar-refractivity contribution in [3.63, 3.8) is 0 Å². The zero-order valence-electron chi connectivity index (χ0n) is 9.18. The molecule has 0 saturated heterocycles. The van der Waals surface area contributed by atoms with E-state index in [0.717, 1.165) is 23.3 Å². The molecule has 0 fully saturated rings. The fourth-order valence-electron chi connectivity index (χ4n) is 1.52. The molecule has 0 N–H and O–H groups in total. The van der Waals surface area contributed by atoms with Gasteiger partial charge < -0.3 is 4.74 Å². The average Bonchev–Trinajstić information content (AvgIpc) is 2.71. The molecule has 16 heavy (non-hydrogen) atoms. The van der Waals surface area contributed by atoms with Gasteiger partial charge in [-0.1, -0.05) is 12.1 Å². The van der Waals surface area contributed by atoms with Crippen molar-refractivity contribution in [1.29, 1.82) is 0 Å². The lowest BCUT2D eigenvalue weighted by molar-refractivity contribution is 0.111. The van der Waals surface area contributed by atoms with Crippen LogP contribution >= 0.6 is 0 Å². The van der Waals surface area contributed by atoms with Crippen molar-refractivity contribution in [3.05, 3.63) is 36.0 Å². The van der Waals surface area contributed by atoms with Crippen molar-refractivity contribution < 1.29 is 9.53 Å². The first-order chi connectivity index (χ1) is 7.74. The first kappa shape index (κ1) is 10.4. The Morgan fingerprint density at radius 1 is 1.38 bits per heavy atom. The second kappa shape index (κ2) is 4.18. The largest absolute Gasteiger partial charge is 0.497 e. The number of methoxy groups -OCH3 is 1. The third-order valence-corrected chi connectivity index (χ3v) is 2.40. The molecule has 0 unspecified atom stereocenters. The number of aryl methyl sites for hydroxylation is 1. The van der Waals surface area contributed by atoms with E-state index in [2.05, 4.69) is 5.10 Å². The quantitative estimate of drug-likeness (QED) is 0.736. The topological polar surface area (TPSA) is 44.1 Å². The van der Waals surface area contributed by atoms with Crippen LogP contribution in [0.15, 0.2) is 30.3 Å². The smallest absolute Gasteiger partial charge is 0.168 e. The molecule has 0 atom stereocenters. The van der Waals surface area contributed by atoms with Gasteiger partial charge in [-0.25, -0.2) is 0 Å². The Hall–Kier alpha value is -2.10. The molecular formula is C12H12N2O2. The highest BCUT2D eigenvalue weighted by molar-refractivity contribution is 5.76. The van der Waals surface area contributed by atoms with E-state index in [4.69, 9.17) is 4.74 Å². The summed E-state index contributed by atoms with van der Waals surface area (Å²) in [4.78, 5) is 10.7. The van der Waals surface area contributed by atoms with Gasteiger partial charge in [-0.3, -0.25) is 9.48 Å². The van der Waals surface area contributed by atoms with Crippen LogP contribution in [-0.2, 0) is 7.05 Å². The van der Waals surface area contributed by atoms with Gasteiger partial charge in [0, 0.05) is 12.6 Å². The summed E-state index contributed by atoms with van der Waals surface area (Å²) in [6.07, 6.45) is 0.788. The normalized spacial score (nSPS) is 10.1. The molecule has 0 aliphatic carbocycles. The van der Waals surface area contributed by atoms with Gasteiger partial charge >= 0.3 is 0 Å². The standard InChI is InChI=1S/C12H12N2O2/c1-14-10(8-15)7-12(13-14)9-4-3-5-11(6-9)16-2/h3-8H,1-2H3. The summed E-state index contributed by atoms with van der Waals surface area (Å²) in [5.74, 6) is 0.774. The number of carbonyl (C=O) groups is 1. The van der Waals surface area contributed by atoms with E-state index in [1.807, 2.05) is 24.3 Å². The van der Waals surface area contributed by atoms with Gasteiger partial charge in [0.15, 0.2) is 6.29 Å². The third-order valence-electron chi connectivity index (χ3n) is 2.40. The van der Waals surface area contributed by atoms with Crippen LogP contribution in [0.1, 0.15) is 10.5 Å². The van der Waals surface area contributed by atoms with Crippen LogP contribution in [0.2, 0.25) is 0 Å². The second-order valence-corrected chi connectivity index (χ2v) is 3.43. The van der Waals surface area contributed by atoms with Gasteiger partial charge in [-0.2, -0.15) is 5.10 Å². The number of hydrogen-bond donors (Lipinski definition) is 0. The van der Waals surface area contributed by atoms with E-state index >= 15 is 0 Å². The molecule has 0 saturated carbocycles. The number of ether oxygens (including phenoxy) is 1. The number of aldehydes is 1. The van der Waals surface area contributed by atoms with Crippen LogP contribution in [0.4, 0.5) is 0 Å². The minimum absolute atomic E-state index is 0.554. The molecule has 4 heteroatoms. The predicted molar refractivity (Wildman–Crippen MR) is 60.6 cm³/mol. The third kappa shape index (κ3) is 1.82. The fraction of sp³-hybridized carbons (Fsp3) is 0.167. The van der Waals surface area contributed by atoms with Crippen LogP contribution in [0.5, 0.6) is 5.75 Å². The van der Waals surface area contributed by atoms with Gasteiger partial charge in [0.2, 0.25) is 0 Å². The molecule has 0 aliphatic heterocycles. The summed E-state index contributed by atoms with van der Waals surface area (Å²) in [5, 5.41) is 4.26. The van der Waals surface area contributed by atoms with Gasteiger partial charge in [0.05, 0.1) is 12.8 Å². The van der Waals surface area contributed by atoms with Gasteiger partial charge in [-0.05, 0) is 18.2 Å². The number of aromatic nitrogens is 2. The lowest BCUT2D eigenvalue weighted by Gasteiger charge is -2.01. The second-order valence-electron chi connectivity index (χ2n) is 3.43. The first-order valence-corrected chi connectivity index (χ1v) is 4.88. The van der Waals surface area contributed by atoms with Crippen LogP contribution in [0.25, 0.3) is 11.3 Å². The predicted octanol–water partition coefficient (Wildman–Crippen LogP) is 1.91. The summed E-state index contributed by atoms with van der Waals surface area (Å²) in [5.41, 5.74) is 2.25. The highest BCUT2D eigenvalue weighted by atomic mass is 16.5. The van der Waals surface area contributed by atoms with E-state index in [-0.39, 0.29) is 0 Å². The van der Waals surface area contributed by atoms with Gasteiger partial charge in [0.1, 0.15) is 11.4 Å². The van der Waals surface area contributed by atoms with E-state index in [0.29, 0.717) is 5.69 Å². The monoisotopic (exact) mass is 216 g/mol. The minimum atomic E-state index is 0.554. The van der Waals surface area contributed by atoms with Crippen molar-refractivity contribution in [2.45, 2.75) is 0 Å². The Bertz CT molecular complexity index is 517. The van der Waals surface area contributed by atoms with E-state index in [9.17, 15) is 4.79 Å². The summed E-state index contributed by atoms with van der Waals surface area (Å²) < 4.78 is 6.69. The van der Waals surface area contributed by atoms with Crippen LogP contribution < -0.4 is 4.74 Å². The summed E-state index contributed by atoms with van der Waals surface area (Å²) >= 11 is 0. The first-order valence-electron chi connectivity index (χ1n) is 4.88.